The lowest BCUT2D eigenvalue weighted by Gasteiger charge is -2.15. The van der Waals surface area contributed by atoms with E-state index in [9.17, 15) is 0 Å². The molecule has 16 heavy (non-hydrogen) atoms. The van der Waals surface area contributed by atoms with Crippen LogP contribution in [-0.4, -0.2) is 6.54 Å². The van der Waals surface area contributed by atoms with Crippen LogP contribution in [0.15, 0.2) is 53.9 Å². The molecule has 0 unspecified atom stereocenters. The van der Waals surface area contributed by atoms with Crippen molar-refractivity contribution in [1.82, 2.24) is 5.32 Å². The summed E-state index contributed by atoms with van der Waals surface area (Å²) in [5, 5.41) is 3.42. The van der Waals surface area contributed by atoms with Crippen molar-refractivity contribution in [2.75, 3.05) is 6.54 Å². The Morgan fingerprint density at radius 1 is 1.19 bits per heavy atom. The Hall–Kier alpha value is -1.70. The average Bonchev–Trinajstić information content (AvgIpc) is 2.33. The normalized spacial score (nSPS) is 15.2. The fraction of sp³-hybridized carbons (Fsp3) is 0.286. The van der Waals surface area contributed by atoms with E-state index in [1.807, 2.05) is 12.1 Å². The van der Waals surface area contributed by atoms with Crippen molar-refractivity contribution in [3.05, 3.63) is 59.4 Å². The van der Waals surface area contributed by atoms with Gasteiger partial charge in [0.1, 0.15) is 0 Å². The molecular formula is C14H18N2. The molecule has 0 spiro atoms. The second-order valence-electron chi connectivity index (χ2n) is 4.04. The number of hydrogen-bond acceptors (Lipinski definition) is 2. The van der Waals surface area contributed by atoms with Gasteiger partial charge in [0.2, 0.25) is 0 Å². The number of nitrogens with two attached hydrogens (primary N) is 1. The van der Waals surface area contributed by atoms with Crippen LogP contribution in [0.3, 0.4) is 0 Å². The van der Waals surface area contributed by atoms with Crippen molar-refractivity contribution in [2.45, 2.75) is 19.3 Å². The topological polar surface area (TPSA) is 38.0 Å². The van der Waals surface area contributed by atoms with E-state index in [0.29, 0.717) is 0 Å². The molecule has 0 saturated heterocycles. The fourth-order valence-electron chi connectivity index (χ4n) is 1.88. The lowest BCUT2D eigenvalue weighted by molar-refractivity contribution is 0.724. The monoisotopic (exact) mass is 214 g/mol. The quantitative estimate of drug-likeness (QED) is 0.807. The highest BCUT2D eigenvalue weighted by atomic mass is 14.9. The zero-order chi connectivity index (χ0) is 11.2. The first-order chi connectivity index (χ1) is 7.86. The maximum Gasteiger partial charge on any atom is 0.0503 e. The van der Waals surface area contributed by atoms with Crippen LogP contribution in [0, 0.1) is 0 Å². The van der Waals surface area contributed by atoms with Crippen LogP contribution in [0.2, 0.25) is 0 Å². The summed E-state index contributed by atoms with van der Waals surface area (Å²) in [7, 11) is 0. The van der Waals surface area contributed by atoms with E-state index < -0.39 is 0 Å². The smallest absolute Gasteiger partial charge is 0.0503 e. The standard InChI is InChI=1S/C14H18N2/c15-13-8-4-5-9-14(13)16-11-10-12-6-2-1-3-7-12/h1-4,6-8,16H,5,9-11,15H2. The Balaban J connectivity index is 1.82. The predicted molar refractivity (Wildman–Crippen MR) is 67.7 cm³/mol. The van der Waals surface area contributed by atoms with E-state index >= 15 is 0 Å². The van der Waals surface area contributed by atoms with E-state index in [4.69, 9.17) is 5.73 Å². The third-order valence-corrected chi connectivity index (χ3v) is 2.80. The van der Waals surface area contributed by atoms with E-state index in [-0.39, 0.29) is 0 Å². The largest absolute Gasteiger partial charge is 0.397 e. The highest BCUT2D eigenvalue weighted by molar-refractivity contribution is 5.25. The molecule has 0 saturated carbocycles. The summed E-state index contributed by atoms with van der Waals surface area (Å²) in [5.41, 5.74) is 9.33. The Morgan fingerprint density at radius 3 is 2.75 bits per heavy atom. The minimum absolute atomic E-state index is 0.888. The molecule has 2 rings (SSSR count). The van der Waals surface area contributed by atoms with Gasteiger partial charge in [0.05, 0.1) is 5.70 Å². The van der Waals surface area contributed by atoms with E-state index in [1.54, 1.807) is 0 Å². The van der Waals surface area contributed by atoms with E-state index in [2.05, 4.69) is 35.7 Å². The van der Waals surface area contributed by atoms with E-state index in [1.165, 1.54) is 11.3 Å². The van der Waals surface area contributed by atoms with Crippen LogP contribution >= 0.6 is 0 Å². The second kappa shape index (κ2) is 5.40. The lowest BCUT2D eigenvalue weighted by Crippen LogP contribution is -2.21. The number of benzene rings is 1. The maximum absolute atomic E-state index is 5.89. The van der Waals surface area contributed by atoms with Gasteiger partial charge < -0.3 is 11.1 Å². The molecule has 2 heteroatoms. The molecule has 0 bridgehead atoms. The highest BCUT2D eigenvalue weighted by Crippen LogP contribution is 2.12. The molecule has 0 aliphatic heterocycles. The minimum atomic E-state index is 0.888. The van der Waals surface area contributed by atoms with Crippen LogP contribution in [-0.2, 0) is 6.42 Å². The van der Waals surface area contributed by atoms with Crippen LogP contribution < -0.4 is 11.1 Å². The molecule has 0 atom stereocenters. The number of allylic oxidation sites excluding steroid dienone is 3. The molecule has 1 aromatic rings. The fourth-order valence-corrected chi connectivity index (χ4v) is 1.88. The molecule has 0 heterocycles. The zero-order valence-corrected chi connectivity index (χ0v) is 9.45. The highest BCUT2D eigenvalue weighted by Gasteiger charge is 2.04. The third-order valence-electron chi connectivity index (χ3n) is 2.80. The first-order valence-electron chi connectivity index (χ1n) is 5.79. The summed E-state index contributed by atoms with van der Waals surface area (Å²) in [5.74, 6) is 0. The molecule has 84 valence electrons. The van der Waals surface area contributed by atoms with Gasteiger partial charge in [0, 0.05) is 12.2 Å². The molecule has 2 nitrogen and oxygen atoms in total. The summed E-state index contributed by atoms with van der Waals surface area (Å²) in [6.07, 6.45) is 7.29. The summed E-state index contributed by atoms with van der Waals surface area (Å²) >= 11 is 0. The van der Waals surface area contributed by atoms with Crippen molar-refractivity contribution in [3.63, 3.8) is 0 Å². The average molecular weight is 214 g/mol. The third kappa shape index (κ3) is 2.89. The molecule has 0 amide bonds. The van der Waals surface area contributed by atoms with Gasteiger partial charge in [-0.2, -0.15) is 0 Å². The van der Waals surface area contributed by atoms with Gasteiger partial charge >= 0.3 is 0 Å². The van der Waals surface area contributed by atoms with Gasteiger partial charge in [-0.05, 0) is 30.9 Å². The van der Waals surface area contributed by atoms with Crippen LogP contribution in [0.5, 0.6) is 0 Å². The van der Waals surface area contributed by atoms with Crippen molar-refractivity contribution in [1.29, 1.82) is 0 Å². The molecular weight excluding hydrogens is 196 g/mol. The van der Waals surface area contributed by atoms with Gasteiger partial charge in [0.15, 0.2) is 0 Å². The van der Waals surface area contributed by atoms with Crippen LogP contribution in [0.25, 0.3) is 0 Å². The van der Waals surface area contributed by atoms with Crippen molar-refractivity contribution >= 4 is 0 Å². The molecule has 1 aliphatic rings. The summed E-state index contributed by atoms with van der Waals surface area (Å²) in [6.45, 7) is 0.952. The maximum atomic E-state index is 5.89. The molecule has 3 N–H and O–H groups in total. The lowest BCUT2D eigenvalue weighted by atomic mass is 10.1. The van der Waals surface area contributed by atoms with Crippen LogP contribution in [0.1, 0.15) is 18.4 Å². The van der Waals surface area contributed by atoms with Gasteiger partial charge in [-0.3, -0.25) is 0 Å². The predicted octanol–water partition coefficient (Wildman–Crippen LogP) is 2.34. The minimum Gasteiger partial charge on any atom is -0.397 e. The number of nitrogens with one attached hydrogen (secondary N) is 1. The molecule has 0 radical (unpaired) electrons. The number of hydrogen-bond donors (Lipinski definition) is 2. The Bertz CT molecular complexity index is 390. The number of rotatable bonds is 4. The van der Waals surface area contributed by atoms with E-state index in [0.717, 1.165) is 31.5 Å². The van der Waals surface area contributed by atoms with Gasteiger partial charge in [-0.15, -0.1) is 0 Å². The Morgan fingerprint density at radius 2 is 2.00 bits per heavy atom. The molecule has 0 fully saturated rings. The first kappa shape index (κ1) is 10.8. The first-order valence-corrected chi connectivity index (χ1v) is 5.79. The molecule has 1 aliphatic carbocycles. The van der Waals surface area contributed by atoms with Gasteiger partial charge in [-0.1, -0.05) is 36.4 Å². The van der Waals surface area contributed by atoms with Crippen molar-refractivity contribution < 1.29 is 0 Å². The summed E-state index contributed by atoms with van der Waals surface area (Å²) in [6, 6.07) is 10.5. The van der Waals surface area contributed by atoms with Gasteiger partial charge in [0.25, 0.3) is 0 Å². The molecule has 1 aromatic carbocycles. The summed E-state index contributed by atoms with van der Waals surface area (Å²) in [4.78, 5) is 0. The Labute approximate surface area is 96.9 Å². The van der Waals surface area contributed by atoms with Crippen molar-refractivity contribution in [3.8, 4) is 0 Å². The second-order valence-corrected chi connectivity index (χ2v) is 4.04. The van der Waals surface area contributed by atoms with Gasteiger partial charge in [-0.25, -0.2) is 0 Å². The Kier molecular flexibility index (Phi) is 3.65. The SMILES string of the molecule is NC1=C(NCCc2ccccc2)CCC=C1. The molecule has 0 aromatic heterocycles. The van der Waals surface area contributed by atoms with Crippen LogP contribution in [0.4, 0.5) is 0 Å². The van der Waals surface area contributed by atoms with Crippen molar-refractivity contribution in [2.24, 2.45) is 5.73 Å². The zero-order valence-electron chi connectivity index (χ0n) is 9.45. The summed E-state index contributed by atoms with van der Waals surface area (Å²) < 4.78 is 0.